The average molecular weight is 395 g/mol. The number of pyridine rings is 1. The molecule has 0 spiro atoms. The first-order valence-corrected chi connectivity index (χ1v) is 10.9. The van der Waals surface area contributed by atoms with Crippen molar-refractivity contribution in [2.45, 2.75) is 56.9 Å². The molecule has 2 aromatic heterocycles. The molecule has 6 heteroatoms. The van der Waals surface area contributed by atoms with Crippen LogP contribution in [0.25, 0.3) is 11.0 Å². The van der Waals surface area contributed by atoms with Crippen LogP contribution in [0.4, 0.5) is 5.69 Å². The molecule has 0 unspecified atom stereocenters. The van der Waals surface area contributed by atoms with Crippen molar-refractivity contribution < 1.29 is 4.79 Å². The van der Waals surface area contributed by atoms with Crippen LogP contribution in [0.1, 0.15) is 61.3 Å². The minimum absolute atomic E-state index is 0.107. The van der Waals surface area contributed by atoms with E-state index in [0.717, 1.165) is 45.8 Å². The Morgan fingerprint density at radius 3 is 2.64 bits per heavy atom. The van der Waals surface area contributed by atoms with Crippen molar-refractivity contribution in [3.8, 4) is 0 Å². The lowest BCUT2D eigenvalue weighted by Crippen LogP contribution is -2.23. The molecule has 0 bridgehead atoms. The van der Waals surface area contributed by atoms with Crippen LogP contribution in [0.2, 0.25) is 0 Å². The molecule has 146 valence electrons. The Morgan fingerprint density at radius 1 is 1.25 bits per heavy atom. The maximum atomic E-state index is 13.3. The highest BCUT2D eigenvalue weighted by Gasteiger charge is 2.30. The van der Waals surface area contributed by atoms with Gasteiger partial charge in [0.15, 0.2) is 5.65 Å². The van der Waals surface area contributed by atoms with E-state index < -0.39 is 0 Å². The van der Waals surface area contributed by atoms with Gasteiger partial charge in [0.25, 0.3) is 5.91 Å². The second-order valence-electron chi connectivity index (χ2n) is 8.42. The molecule has 28 heavy (non-hydrogen) atoms. The summed E-state index contributed by atoms with van der Waals surface area (Å²) in [5.41, 5.74) is 3.90. The highest BCUT2D eigenvalue weighted by molar-refractivity contribution is 7.98. The van der Waals surface area contributed by atoms with Gasteiger partial charge in [-0.05, 0) is 71.1 Å². The summed E-state index contributed by atoms with van der Waals surface area (Å²) < 4.78 is 1.95. The largest absolute Gasteiger partial charge is 0.322 e. The second-order valence-corrected chi connectivity index (χ2v) is 9.30. The quantitative estimate of drug-likeness (QED) is 0.606. The number of nitrogens with zero attached hydrogens (tertiary/aromatic N) is 3. The Hall–Kier alpha value is -2.34. The van der Waals surface area contributed by atoms with Crippen LogP contribution in [0.5, 0.6) is 0 Å². The molecule has 1 aliphatic rings. The maximum Gasteiger partial charge on any atom is 0.256 e. The number of carbonyl (C=O) groups excluding carboxylic acids is 1. The van der Waals surface area contributed by atoms with Crippen molar-refractivity contribution in [3.63, 3.8) is 0 Å². The molecule has 3 aromatic rings. The number of rotatable bonds is 4. The third kappa shape index (κ3) is 3.53. The summed E-state index contributed by atoms with van der Waals surface area (Å²) >= 11 is 1.66. The molecule has 1 aliphatic carbocycles. The van der Waals surface area contributed by atoms with Crippen LogP contribution in [0.3, 0.4) is 0 Å². The van der Waals surface area contributed by atoms with Gasteiger partial charge < -0.3 is 5.32 Å². The predicted molar refractivity (Wildman–Crippen MR) is 115 cm³/mol. The molecule has 0 aliphatic heterocycles. The molecule has 0 atom stereocenters. The SMILES string of the molecule is CSc1cccc(NC(=O)c2cc(C3CC3)nc3c2c(C)nn3C(C)(C)C)c1. The van der Waals surface area contributed by atoms with Gasteiger partial charge >= 0.3 is 0 Å². The molecule has 0 saturated heterocycles. The van der Waals surface area contributed by atoms with Gasteiger partial charge in [-0.3, -0.25) is 4.79 Å². The smallest absolute Gasteiger partial charge is 0.256 e. The summed E-state index contributed by atoms with van der Waals surface area (Å²) in [6.45, 7) is 8.28. The summed E-state index contributed by atoms with van der Waals surface area (Å²) in [6, 6.07) is 9.88. The Bertz CT molecular complexity index is 1060. The van der Waals surface area contributed by atoms with Gasteiger partial charge in [0.05, 0.1) is 22.2 Å². The molecule has 1 aromatic carbocycles. The zero-order chi connectivity index (χ0) is 20.1. The summed E-state index contributed by atoms with van der Waals surface area (Å²) in [6.07, 6.45) is 4.30. The van der Waals surface area contributed by atoms with Crippen molar-refractivity contribution in [1.29, 1.82) is 0 Å². The highest BCUT2D eigenvalue weighted by Crippen LogP contribution is 2.41. The molecule has 2 heterocycles. The monoisotopic (exact) mass is 394 g/mol. The Labute approximate surface area is 169 Å². The summed E-state index contributed by atoms with van der Waals surface area (Å²) in [7, 11) is 0. The lowest BCUT2D eigenvalue weighted by molar-refractivity contribution is 0.102. The fourth-order valence-electron chi connectivity index (χ4n) is 3.44. The Balaban J connectivity index is 1.83. The van der Waals surface area contributed by atoms with Gasteiger partial charge in [0, 0.05) is 22.2 Å². The molecule has 0 radical (unpaired) electrons. The molecule has 1 N–H and O–H groups in total. The lowest BCUT2D eigenvalue weighted by atomic mass is 10.1. The van der Waals surface area contributed by atoms with Crippen LogP contribution in [-0.4, -0.2) is 26.9 Å². The van der Waals surface area contributed by atoms with Crippen molar-refractivity contribution in [1.82, 2.24) is 14.8 Å². The zero-order valence-corrected chi connectivity index (χ0v) is 17.9. The third-order valence-corrected chi connectivity index (χ3v) is 5.76. The maximum absolute atomic E-state index is 13.3. The van der Waals surface area contributed by atoms with E-state index in [1.54, 1.807) is 11.8 Å². The topological polar surface area (TPSA) is 59.8 Å². The fourth-order valence-corrected chi connectivity index (χ4v) is 3.90. The first-order valence-electron chi connectivity index (χ1n) is 9.64. The summed E-state index contributed by atoms with van der Waals surface area (Å²) in [5, 5.41) is 8.65. The van der Waals surface area contributed by atoms with E-state index in [0.29, 0.717) is 11.5 Å². The minimum Gasteiger partial charge on any atom is -0.322 e. The van der Waals surface area contributed by atoms with E-state index >= 15 is 0 Å². The van der Waals surface area contributed by atoms with E-state index in [1.807, 2.05) is 48.2 Å². The van der Waals surface area contributed by atoms with Crippen LogP contribution in [0, 0.1) is 6.92 Å². The van der Waals surface area contributed by atoms with Gasteiger partial charge in [-0.2, -0.15) is 5.10 Å². The number of amides is 1. The Morgan fingerprint density at radius 2 is 2.00 bits per heavy atom. The number of hydrogen-bond acceptors (Lipinski definition) is 4. The number of thioether (sulfide) groups is 1. The van der Waals surface area contributed by atoms with Crippen molar-refractivity contribution in [3.05, 3.63) is 47.3 Å². The first-order chi connectivity index (χ1) is 13.3. The number of anilines is 1. The molecule has 4 rings (SSSR count). The number of hydrogen-bond donors (Lipinski definition) is 1. The van der Waals surface area contributed by atoms with Gasteiger partial charge in [0.1, 0.15) is 0 Å². The third-order valence-electron chi connectivity index (χ3n) is 5.04. The lowest BCUT2D eigenvalue weighted by Gasteiger charge is -2.20. The van der Waals surface area contributed by atoms with E-state index in [9.17, 15) is 4.79 Å². The van der Waals surface area contributed by atoms with Gasteiger partial charge in [-0.15, -0.1) is 11.8 Å². The van der Waals surface area contributed by atoms with E-state index in [-0.39, 0.29) is 11.4 Å². The first kappa shape index (κ1) is 19.0. The number of carbonyl (C=O) groups is 1. The predicted octanol–water partition coefficient (Wildman–Crippen LogP) is 5.35. The number of benzene rings is 1. The molecule has 5 nitrogen and oxygen atoms in total. The average Bonchev–Trinajstić information content (AvgIpc) is 3.44. The highest BCUT2D eigenvalue weighted by atomic mass is 32.2. The van der Waals surface area contributed by atoms with Crippen molar-refractivity contribution in [2.24, 2.45) is 0 Å². The van der Waals surface area contributed by atoms with Gasteiger partial charge in [-0.25, -0.2) is 9.67 Å². The molecule has 1 fully saturated rings. The molecule has 1 amide bonds. The van der Waals surface area contributed by atoms with E-state index in [2.05, 4.69) is 26.1 Å². The summed E-state index contributed by atoms with van der Waals surface area (Å²) in [4.78, 5) is 19.3. The van der Waals surface area contributed by atoms with Crippen molar-refractivity contribution >= 4 is 34.4 Å². The zero-order valence-electron chi connectivity index (χ0n) is 17.0. The van der Waals surface area contributed by atoms with E-state index in [4.69, 9.17) is 10.1 Å². The van der Waals surface area contributed by atoms with Gasteiger partial charge in [0.2, 0.25) is 0 Å². The van der Waals surface area contributed by atoms with Crippen LogP contribution in [0.15, 0.2) is 35.2 Å². The second kappa shape index (κ2) is 6.92. The number of aryl methyl sites for hydroxylation is 1. The van der Waals surface area contributed by atoms with Gasteiger partial charge in [-0.1, -0.05) is 6.07 Å². The molecular weight excluding hydrogens is 368 g/mol. The molecular formula is C22H26N4OS. The van der Waals surface area contributed by atoms with E-state index in [1.165, 1.54) is 0 Å². The fraction of sp³-hybridized carbons (Fsp3) is 0.409. The molecule has 1 saturated carbocycles. The van der Waals surface area contributed by atoms with Crippen LogP contribution < -0.4 is 5.32 Å². The normalized spacial score (nSPS) is 14.5. The van der Waals surface area contributed by atoms with Crippen LogP contribution in [-0.2, 0) is 5.54 Å². The number of fused-ring (bicyclic) bond motifs is 1. The van der Waals surface area contributed by atoms with Crippen LogP contribution >= 0.6 is 11.8 Å². The Kier molecular flexibility index (Phi) is 4.70. The summed E-state index contributed by atoms with van der Waals surface area (Å²) in [5.74, 6) is 0.350. The number of aromatic nitrogens is 3. The van der Waals surface area contributed by atoms with Crippen molar-refractivity contribution in [2.75, 3.05) is 11.6 Å². The minimum atomic E-state index is -0.206. The number of nitrogens with one attached hydrogen (secondary N) is 1. The standard InChI is InChI=1S/C22H26N4OS/c1-13-19-17(21(27)23-15-7-6-8-16(11-15)28-5)12-18(14-9-10-14)24-20(19)26(25-13)22(2,3)4/h6-8,11-12,14H,9-10H2,1-5H3,(H,23,27).